The van der Waals surface area contributed by atoms with E-state index in [0.29, 0.717) is 21.7 Å². The van der Waals surface area contributed by atoms with Gasteiger partial charge < -0.3 is 8.60 Å². The molecule has 1 heterocycles. The molecule has 0 saturated heterocycles. The van der Waals surface area contributed by atoms with Crippen LogP contribution in [0.25, 0.3) is 22.6 Å². The summed E-state index contributed by atoms with van der Waals surface area (Å²) in [6.45, 7) is 1.85. The van der Waals surface area contributed by atoms with Crippen molar-refractivity contribution in [3.8, 4) is 23.3 Å². The van der Waals surface area contributed by atoms with Gasteiger partial charge in [-0.15, -0.1) is 0 Å². The fourth-order valence-corrected chi connectivity index (χ4v) is 4.11. The number of rotatable bonds is 4. The second-order valence-electron chi connectivity index (χ2n) is 6.28. The number of fused-ring (bicyclic) bond motifs is 1. The maximum atomic E-state index is 12.8. The number of aryl methyl sites for hydroxylation is 1. The molecule has 0 aliphatic rings. The Hall–Kier alpha value is -3.34. The van der Waals surface area contributed by atoms with Crippen molar-refractivity contribution in [2.24, 2.45) is 0 Å². The van der Waals surface area contributed by atoms with Crippen LogP contribution >= 0.6 is 11.6 Å². The van der Waals surface area contributed by atoms with Gasteiger partial charge in [-0.1, -0.05) is 35.4 Å². The molecule has 6 nitrogen and oxygen atoms in total. The number of oxazole rings is 1. The molecule has 0 aliphatic heterocycles. The van der Waals surface area contributed by atoms with E-state index in [1.165, 1.54) is 24.3 Å². The van der Waals surface area contributed by atoms with Gasteiger partial charge in [0.15, 0.2) is 11.3 Å². The SMILES string of the molecule is Cc1ccc(OS(=O)(=O)c2ccccc2C#N)c(-c2nc3cc(Cl)ccc3o2)c1. The van der Waals surface area contributed by atoms with Gasteiger partial charge in [0.05, 0.1) is 11.1 Å². The number of halogens is 1. The van der Waals surface area contributed by atoms with Crippen LogP contribution in [0.1, 0.15) is 11.1 Å². The van der Waals surface area contributed by atoms with Crippen molar-refractivity contribution in [1.29, 1.82) is 5.26 Å². The molecule has 29 heavy (non-hydrogen) atoms. The smallest absolute Gasteiger partial charge is 0.340 e. The van der Waals surface area contributed by atoms with Crippen LogP contribution in [0.15, 0.2) is 70.0 Å². The highest BCUT2D eigenvalue weighted by atomic mass is 35.5. The third kappa shape index (κ3) is 3.68. The number of aromatic nitrogens is 1. The minimum absolute atomic E-state index is 0.00216. The lowest BCUT2D eigenvalue weighted by Gasteiger charge is -2.11. The first-order valence-electron chi connectivity index (χ1n) is 8.48. The Morgan fingerprint density at radius 1 is 1.10 bits per heavy atom. The predicted molar refractivity (Wildman–Crippen MR) is 108 cm³/mol. The number of nitriles is 1. The first-order valence-corrected chi connectivity index (χ1v) is 10.3. The van der Waals surface area contributed by atoms with Gasteiger partial charge in [-0.05, 0) is 49.4 Å². The van der Waals surface area contributed by atoms with Gasteiger partial charge in [0, 0.05) is 5.02 Å². The van der Waals surface area contributed by atoms with E-state index in [2.05, 4.69) is 4.98 Å². The molecule has 0 amide bonds. The molecule has 0 N–H and O–H groups in total. The zero-order valence-corrected chi connectivity index (χ0v) is 16.7. The molecule has 8 heteroatoms. The van der Waals surface area contributed by atoms with Crippen LogP contribution in [0, 0.1) is 18.3 Å². The summed E-state index contributed by atoms with van der Waals surface area (Å²) in [7, 11) is -4.25. The van der Waals surface area contributed by atoms with Crippen LogP contribution < -0.4 is 4.18 Å². The Balaban J connectivity index is 1.82. The summed E-state index contributed by atoms with van der Waals surface area (Å²) in [5, 5.41) is 9.72. The van der Waals surface area contributed by atoms with Crippen molar-refractivity contribution >= 4 is 32.8 Å². The van der Waals surface area contributed by atoms with Gasteiger partial charge in [0.25, 0.3) is 0 Å². The molecule has 144 valence electrons. The van der Waals surface area contributed by atoms with E-state index >= 15 is 0 Å². The minimum atomic E-state index is -4.25. The zero-order valence-electron chi connectivity index (χ0n) is 15.1. The average molecular weight is 425 g/mol. The van der Waals surface area contributed by atoms with E-state index in [4.69, 9.17) is 20.2 Å². The normalized spacial score (nSPS) is 11.3. The van der Waals surface area contributed by atoms with Crippen LogP contribution in [-0.4, -0.2) is 13.4 Å². The van der Waals surface area contributed by atoms with Gasteiger partial charge in [-0.3, -0.25) is 0 Å². The van der Waals surface area contributed by atoms with Gasteiger partial charge in [-0.2, -0.15) is 13.7 Å². The van der Waals surface area contributed by atoms with Crippen LogP contribution in [0.4, 0.5) is 0 Å². The highest BCUT2D eigenvalue weighted by Gasteiger charge is 2.24. The first kappa shape index (κ1) is 19.0. The highest BCUT2D eigenvalue weighted by Crippen LogP contribution is 2.35. The molecule has 0 spiro atoms. The van der Waals surface area contributed by atoms with Crippen molar-refractivity contribution in [2.45, 2.75) is 11.8 Å². The third-order valence-corrected chi connectivity index (χ3v) is 5.72. The molecule has 4 aromatic rings. The van der Waals surface area contributed by atoms with Crippen molar-refractivity contribution in [2.75, 3.05) is 0 Å². The molecule has 0 atom stereocenters. The Morgan fingerprint density at radius 3 is 2.69 bits per heavy atom. The lowest BCUT2D eigenvalue weighted by atomic mass is 10.1. The largest absolute Gasteiger partial charge is 0.436 e. The Kier molecular flexibility index (Phi) is 4.74. The fraction of sp³-hybridized carbons (Fsp3) is 0.0476. The molecular formula is C21H13ClN2O4S. The number of nitrogens with zero attached hydrogens (tertiary/aromatic N) is 2. The summed E-state index contributed by atoms with van der Waals surface area (Å²) in [6, 6.07) is 17.7. The number of hydrogen-bond donors (Lipinski definition) is 0. The summed E-state index contributed by atoms with van der Waals surface area (Å²) in [5.41, 5.74) is 2.28. The van der Waals surface area contributed by atoms with Crippen molar-refractivity contribution in [1.82, 2.24) is 4.98 Å². The van der Waals surface area contributed by atoms with Crippen LogP contribution in [0.2, 0.25) is 5.02 Å². The maximum Gasteiger partial charge on any atom is 0.340 e. The quantitative estimate of drug-likeness (QED) is 0.423. The summed E-state index contributed by atoms with van der Waals surface area (Å²) in [4.78, 5) is 4.19. The molecule has 0 fully saturated rings. The second kappa shape index (κ2) is 7.24. The van der Waals surface area contributed by atoms with E-state index < -0.39 is 10.1 Å². The predicted octanol–water partition coefficient (Wildman–Crippen LogP) is 5.10. The molecule has 4 rings (SSSR count). The van der Waals surface area contributed by atoms with Crippen LogP contribution in [0.3, 0.4) is 0 Å². The van der Waals surface area contributed by atoms with Crippen molar-refractivity contribution in [3.63, 3.8) is 0 Å². The van der Waals surface area contributed by atoms with Gasteiger partial charge >= 0.3 is 10.1 Å². The lowest BCUT2D eigenvalue weighted by Crippen LogP contribution is -2.12. The van der Waals surface area contributed by atoms with Crippen LogP contribution in [-0.2, 0) is 10.1 Å². The average Bonchev–Trinajstić information content (AvgIpc) is 3.12. The van der Waals surface area contributed by atoms with Crippen LogP contribution in [0.5, 0.6) is 5.75 Å². The summed E-state index contributed by atoms with van der Waals surface area (Å²) in [5.74, 6) is 0.241. The molecule has 0 radical (unpaired) electrons. The molecule has 0 unspecified atom stereocenters. The molecular weight excluding hydrogens is 412 g/mol. The fourth-order valence-electron chi connectivity index (χ4n) is 2.84. The van der Waals surface area contributed by atoms with Crippen molar-refractivity contribution in [3.05, 3.63) is 76.8 Å². The molecule has 1 aromatic heterocycles. The van der Waals surface area contributed by atoms with Crippen molar-refractivity contribution < 1.29 is 17.0 Å². The van der Waals surface area contributed by atoms with E-state index in [1.807, 2.05) is 13.0 Å². The lowest BCUT2D eigenvalue weighted by molar-refractivity contribution is 0.485. The van der Waals surface area contributed by atoms with E-state index in [0.717, 1.165) is 5.56 Å². The number of benzene rings is 3. The topological polar surface area (TPSA) is 93.2 Å². The first-order chi connectivity index (χ1) is 13.9. The van der Waals surface area contributed by atoms with E-state index in [9.17, 15) is 13.7 Å². The number of hydrogen-bond acceptors (Lipinski definition) is 6. The summed E-state index contributed by atoms with van der Waals surface area (Å²) in [6.07, 6.45) is 0. The standard InChI is InChI=1S/C21H13ClN2O4S/c1-13-6-8-18(28-29(25,26)20-5-3-2-4-14(20)12-23)16(10-13)21-24-17-11-15(22)7-9-19(17)27-21/h2-11H,1H3. The molecule has 3 aromatic carbocycles. The molecule has 0 aliphatic carbocycles. The summed E-state index contributed by atoms with van der Waals surface area (Å²) >= 11 is 6.00. The molecule has 0 saturated carbocycles. The van der Waals surface area contributed by atoms with Gasteiger partial charge in [-0.25, -0.2) is 4.98 Å². The monoisotopic (exact) mass is 424 g/mol. The van der Waals surface area contributed by atoms with Gasteiger partial charge in [0.1, 0.15) is 16.5 Å². The van der Waals surface area contributed by atoms with Gasteiger partial charge in [0.2, 0.25) is 5.89 Å². The maximum absolute atomic E-state index is 12.8. The highest BCUT2D eigenvalue weighted by molar-refractivity contribution is 7.87. The van der Waals surface area contributed by atoms with E-state index in [1.54, 1.807) is 36.4 Å². The summed E-state index contributed by atoms with van der Waals surface area (Å²) < 4.78 is 36.8. The second-order valence-corrected chi connectivity index (χ2v) is 8.23. The molecule has 0 bridgehead atoms. The Morgan fingerprint density at radius 2 is 1.90 bits per heavy atom. The minimum Gasteiger partial charge on any atom is -0.436 e. The zero-order chi connectivity index (χ0) is 20.6. The third-order valence-electron chi connectivity index (χ3n) is 4.19. The Labute approximate surface area is 172 Å². The van der Waals surface area contributed by atoms with E-state index in [-0.39, 0.29) is 22.1 Å². The Bertz CT molecular complexity index is 1390.